The second-order valence-corrected chi connectivity index (χ2v) is 5.35. The molecule has 118 valence electrons. The second-order valence-electron chi connectivity index (χ2n) is 5.35. The molecule has 1 atom stereocenters. The Morgan fingerprint density at radius 3 is 2.39 bits per heavy atom. The fourth-order valence-corrected chi connectivity index (χ4v) is 2.49. The van der Waals surface area contributed by atoms with Crippen LogP contribution in [0.2, 0.25) is 0 Å². The summed E-state index contributed by atoms with van der Waals surface area (Å²) in [7, 11) is 3.25. The van der Waals surface area contributed by atoms with Crippen LogP contribution in [0.1, 0.15) is 18.6 Å². The largest absolute Gasteiger partial charge is 0.497 e. The Labute approximate surface area is 134 Å². The van der Waals surface area contributed by atoms with Crippen LogP contribution in [0, 0.1) is 0 Å². The Hall–Kier alpha value is -2.59. The zero-order valence-electron chi connectivity index (χ0n) is 13.3. The first-order valence-electron chi connectivity index (χ1n) is 7.37. The van der Waals surface area contributed by atoms with E-state index >= 15 is 0 Å². The molecule has 0 aliphatic carbocycles. The van der Waals surface area contributed by atoms with Crippen LogP contribution < -0.4 is 10.4 Å². The third-order valence-corrected chi connectivity index (χ3v) is 3.99. The quantitative estimate of drug-likeness (QED) is 0.678. The highest BCUT2D eigenvalue weighted by Crippen LogP contribution is 2.25. The standard InChI is InChI=1S/C19H18O4/c1-12(21-2)13-4-6-14(7-5-13)17-10-15-8-9-16(22-3)11-18(15)23-19(17)20/h4-12H,1-3H3. The maximum absolute atomic E-state index is 12.3. The van der Waals surface area contributed by atoms with Gasteiger partial charge in [0, 0.05) is 18.6 Å². The lowest BCUT2D eigenvalue weighted by atomic mass is 10.0. The summed E-state index contributed by atoms with van der Waals surface area (Å²) in [6.45, 7) is 1.98. The van der Waals surface area contributed by atoms with E-state index in [0.29, 0.717) is 16.9 Å². The number of hydrogen-bond donors (Lipinski definition) is 0. The van der Waals surface area contributed by atoms with E-state index < -0.39 is 0 Å². The van der Waals surface area contributed by atoms with E-state index in [2.05, 4.69) is 0 Å². The molecule has 1 unspecified atom stereocenters. The summed E-state index contributed by atoms with van der Waals surface area (Å²) in [5.74, 6) is 0.659. The van der Waals surface area contributed by atoms with Crippen LogP contribution in [0.3, 0.4) is 0 Å². The number of ether oxygens (including phenoxy) is 2. The van der Waals surface area contributed by atoms with Gasteiger partial charge in [-0.15, -0.1) is 0 Å². The van der Waals surface area contributed by atoms with Crippen LogP contribution in [0.4, 0.5) is 0 Å². The molecule has 23 heavy (non-hydrogen) atoms. The van der Waals surface area contributed by atoms with Crippen LogP contribution in [-0.2, 0) is 4.74 Å². The van der Waals surface area contributed by atoms with E-state index in [0.717, 1.165) is 16.5 Å². The van der Waals surface area contributed by atoms with Crippen molar-refractivity contribution in [2.75, 3.05) is 14.2 Å². The highest BCUT2D eigenvalue weighted by atomic mass is 16.5. The van der Waals surface area contributed by atoms with Crippen molar-refractivity contribution >= 4 is 11.0 Å². The Morgan fingerprint density at radius 2 is 1.74 bits per heavy atom. The van der Waals surface area contributed by atoms with Gasteiger partial charge in [0.1, 0.15) is 11.3 Å². The topological polar surface area (TPSA) is 48.7 Å². The summed E-state index contributed by atoms with van der Waals surface area (Å²) < 4.78 is 15.9. The van der Waals surface area contributed by atoms with Crippen molar-refractivity contribution < 1.29 is 13.9 Å². The van der Waals surface area contributed by atoms with Gasteiger partial charge in [-0.25, -0.2) is 4.79 Å². The van der Waals surface area contributed by atoms with Crippen LogP contribution in [-0.4, -0.2) is 14.2 Å². The molecule has 0 spiro atoms. The molecule has 0 aliphatic heterocycles. The van der Waals surface area contributed by atoms with Crippen molar-refractivity contribution in [3.05, 3.63) is 64.5 Å². The van der Waals surface area contributed by atoms with Crippen molar-refractivity contribution in [3.8, 4) is 16.9 Å². The summed E-state index contributed by atoms with van der Waals surface area (Å²) >= 11 is 0. The minimum absolute atomic E-state index is 0.0181. The summed E-state index contributed by atoms with van der Waals surface area (Å²) in [6, 6.07) is 15.0. The fraction of sp³-hybridized carbons (Fsp3) is 0.211. The number of benzene rings is 2. The monoisotopic (exact) mass is 310 g/mol. The lowest BCUT2D eigenvalue weighted by Gasteiger charge is -2.10. The Bertz CT molecular complexity index is 878. The van der Waals surface area contributed by atoms with Gasteiger partial charge in [-0.05, 0) is 36.2 Å². The molecule has 0 amide bonds. The summed E-state index contributed by atoms with van der Waals surface area (Å²) in [5, 5.41) is 0.856. The van der Waals surface area contributed by atoms with Gasteiger partial charge in [-0.3, -0.25) is 0 Å². The van der Waals surface area contributed by atoms with Crippen LogP contribution in [0.5, 0.6) is 5.75 Å². The first-order chi connectivity index (χ1) is 11.1. The van der Waals surface area contributed by atoms with Crippen molar-refractivity contribution in [3.63, 3.8) is 0 Å². The van der Waals surface area contributed by atoms with Crippen molar-refractivity contribution in [1.82, 2.24) is 0 Å². The first kappa shape index (κ1) is 15.3. The van der Waals surface area contributed by atoms with Gasteiger partial charge >= 0.3 is 5.63 Å². The molecule has 0 bridgehead atoms. The number of hydrogen-bond acceptors (Lipinski definition) is 4. The van der Waals surface area contributed by atoms with E-state index in [1.54, 1.807) is 20.3 Å². The normalized spacial score (nSPS) is 12.3. The van der Waals surface area contributed by atoms with Gasteiger partial charge in [0.15, 0.2) is 0 Å². The van der Waals surface area contributed by atoms with E-state index in [4.69, 9.17) is 13.9 Å². The molecule has 3 rings (SSSR count). The zero-order valence-corrected chi connectivity index (χ0v) is 13.3. The maximum atomic E-state index is 12.3. The van der Waals surface area contributed by atoms with E-state index in [-0.39, 0.29) is 11.7 Å². The summed E-state index contributed by atoms with van der Waals surface area (Å²) in [5.41, 5.74) is 2.58. The summed E-state index contributed by atoms with van der Waals surface area (Å²) in [6.07, 6.45) is 0.0181. The third kappa shape index (κ3) is 2.98. The molecule has 0 fully saturated rings. The van der Waals surface area contributed by atoms with Crippen LogP contribution in [0.25, 0.3) is 22.1 Å². The molecule has 3 aromatic rings. The number of methoxy groups -OCH3 is 2. The average molecular weight is 310 g/mol. The minimum Gasteiger partial charge on any atom is -0.497 e. The highest BCUT2D eigenvalue weighted by molar-refractivity contribution is 5.82. The SMILES string of the molecule is COc1ccc2cc(-c3ccc(C(C)OC)cc3)c(=O)oc2c1. The van der Waals surface area contributed by atoms with Gasteiger partial charge in [0.2, 0.25) is 0 Å². The molecule has 4 nitrogen and oxygen atoms in total. The molecule has 0 saturated carbocycles. The van der Waals surface area contributed by atoms with Gasteiger partial charge in [-0.2, -0.15) is 0 Å². The molecule has 0 radical (unpaired) electrons. The van der Waals surface area contributed by atoms with Gasteiger partial charge in [0.25, 0.3) is 0 Å². The highest BCUT2D eigenvalue weighted by Gasteiger charge is 2.10. The van der Waals surface area contributed by atoms with Crippen LogP contribution >= 0.6 is 0 Å². The lowest BCUT2D eigenvalue weighted by Crippen LogP contribution is -2.03. The van der Waals surface area contributed by atoms with Gasteiger partial charge in [0.05, 0.1) is 18.8 Å². The third-order valence-electron chi connectivity index (χ3n) is 3.99. The number of rotatable bonds is 4. The minimum atomic E-state index is -0.363. The molecule has 2 aromatic carbocycles. The molecule has 4 heteroatoms. The van der Waals surface area contributed by atoms with Crippen molar-refractivity contribution in [2.45, 2.75) is 13.0 Å². The molecule has 0 N–H and O–H groups in total. The van der Waals surface area contributed by atoms with E-state index in [1.165, 1.54) is 0 Å². The maximum Gasteiger partial charge on any atom is 0.344 e. The van der Waals surface area contributed by atoms with E-state index in [9.17, 15) is 4.79 Å². The molecule has 1 heterocycles. The molecular weight excluding hydrogens is 292 g/mol. The number of fused-ring (bicyclic) bond motifs is 1. The van der Waals surface area contributed by atoms with Gasteiger partial charge in [-0.1, -0.05) is 24.3 Å². The molecule has 0 aliphatic rings. The Morgan fingerprint density at radius 1 is 1.00 bits per heavy atom. The summed E-state index contributed by atoms with van der Waals surface area (Å²) in [4.78, 5) is 12.3. The molecular formula is C19H18O4. The Kier molecular flexibility index (Phi) is 4.17. The Balaban J connectivity index is 2.05. The first-order valence-corrected chi connectivity index (χ1v) is 7.37. The van der Waals surface area contributed by atoms with Crippen LogP contribution in [0.15, 0.2) is 57.7 Å². The lowest BCUT2D eigenvalue weighted by molar-refractivity contribution is 0.119. The van der Waals surface area contributed by atoms with Gasteiger partial charge < -0.3 is 13.9 Å². The average Bonchev–Trinajstić information content (AvgIpc) is 2.60. The zero-order chi connectivity index (χ0) is 16.4. The van der Waals surface area contributed by atoms with Crippen molar-refractivity contribution in [2.24, 2.45) is 0 Å². The van der Waals surface area contributed by atoms with E-state index in [1.807, 2.05) is 49.4 Å². The smallest absolute Gasteiger partial charge is 0.344 e. The van der Waals surface area contributed by atoms with Crippen molar-refractivity contribution in [1.29, 1.82) is 0 Å². The predicted octanol–water partition coefficient (Wildman–Crippen LogP) is 4.18. The predicted molar refractivity (Wildman–Crippen MR) is 89.9 cm³/mol. The fourth-order valence-electron chi connectivity index (χ4n) is 2.49. The molecule has 1 aromatic heterocycles. The molecule has 0 saturated heterocycles. The second kappa shape index (κ2) is 6.26.